The number of nitrogens with zero attached hydrogens (tertiary/aromatic N) is 1. The van der Waals surface area contributed by atoms with Gasteiger partial charge >= 0.3 is 5.69 Å². The lowest BCUT2D eigenvalue weighted by Crippen LogP contribution is -2.28. The highest BCUT2D eigenvalue weighted by Crippen LogP contribution is 2.34. The van der Waals surface area contributed by atoms with Crippen LogP contribution in [0.5, 0.6) is 5.75 Å². The van der Waals surface area contributed by atoms with Crippen molar-refractivity contribution in [3.63, 3.8) is 0 Å². The maximum Gasteiger partial charge on any atom is 0.307 e. The average Bonchev–Trinajstić information content (AvgIpc) is 2.17. The zero-order chi connectivity index (χ0) is 11.0. The van der Waals surface area contributed by atoms with Gasteiger partial charge in [0.2, 0.25) is 5.82 Å². The molecule has 80 valence electrons. The lowest BCUT2D eigenvalue weighted by molar-refractivity contribution is -0.387. The molecule has 0 radical (unpaired) electrons. The van der Waals surface area contributed by atoms with Gasteiger partial charge in [0.25, 0.3) is 0 Å². The Morgan fingerprint density at radius 1 is 1.67 bits per heavy atom. The van der Waals surface area contributed by atoms with E-state index in [9.17, 15) is 14.5 Å². The number of benzene rings is 1. The largest absolute Gasteiger partial charge is 0.489 e. The molecular formula is C9H9FN2O3. The molecule has 1 unspecified atom stereocenters. The molecule has 0 bridgehead atoms. The molecule has 0 aliphatic carbocycles. The Kier molecular flexibility index (Phi) is 2.18. The Bertz CT molecular complexity index is 422. The van der Waals surface area contributed by atoms with Crippen molar-refractivity contribution in [2.75, 3.05) is 11.9 Å². The molecule has 1 aliphatic heterocycles. The van der Waals surface area contributed by atoms with Gasteiger partial charge in [0.1, 0.15) is 12.4 Å². The van der Waals surface area contributed by atoms with Gasteiger partial charge in [-0.2, -0.15) is 4.39 Å². The smallest absolute Gasteiger partial charge is 0.307 e. The number of halogens is 1. The van der Waals surface area contributed by atoms with Crippen LogP contribution in [0.4, 0.5) is 15.8 Å². The molecule has 1 aliphatic rings. The van der Waals surface area contributed by atoms with E-state index in [1.807, 2.05) is 6.92 Å². The van der Waals surface area contributed by atoms with Crippen molar-refractivity contribution < 1.29 is 14.1 Å². The van der Waals surface area contributed by atoms with Gasteiger partial charge in [0.05, 0.1) is 16.7 Å². The predicted molar refractivity (Wildman–Crippen MR) is 51.6 cm³/mol. The molecule has 6 heteroatoms. The third-order valence-corrected chi connectivity index (χ3v) is 2.14. The van der Waals surface area contributed by atoms with E-state index in [0.717, 1.165) is 12.1 Å². The van der Waals surface area contributed by atoms with Crippen molar-refractivity contribution in [2.24, 2.45) is 0 Å². The summed E-state index contributed by atoms with van der Waals surface area (Å²) in [6.45, 7) is 2.29. The number of nitrogens with one attached hydrogen (secondary N) is 1. The van der Waals surface area contributed by atoms with Crippen LogP contribution in [-0.4, -0.2) is 17.6 Å². The monoisotopic (exact) mass is 212 g/mol. The fourth-order valence-corrected chi connectivity index (χ4v) is 1.44. The van der Waals surface area contributed by atoms with Crippen LogP contribution in [0.15, 0.2) is 12.1 Å². The first kappa shape index (κ1) is 9.70. The number of nitro benzene ring substituents is 1. The van der Waals surface area contributed by atoms with Gasteiger partial charge in [0.15, 0.2) is 0 Å². The summed E-state index contributed by atoms with van der Waals surface area (Å²) in [5.74, 6) is -0.564. The zero-order valence-electron chi connectivity index (χ0n) is 7.99. The van der Waals surface area contributed by atoms with E-state index < -0.39 is 16.4 Å². The first-order valence-corrected chi connectivity index (χ1v) is 4.45. The number of fused-ring (bicyclic) bond motifs is 1. The summed E-state index contributed by atoms with van der Waals surface area (Å²) in [5.41, 5.74) is -0.0826. The second-order valence-corrected chi connectivity index (χ2v) is 3.41. The quantitative estimate of drug-likeness (QED) is 0.570. The number of hydrogen-bond donors (Lipinski definition) is 1. The minimum atomic E-state index is -0.880. The molecule has 1 N–H and O–H groups in total. The molecule has 0 saturated heterocycles. The minimum absolute atomic E-state index is 0.0579. The van der Waals surface area contributed by atoms with E-state index in [1.54, 1.807) is 0 Å². The van der Waals surface area contributed by atoms with E-state index in [0.29, 0.717) is 18.0 Å². The summed E-state index contributed by atoms with van der Waals surface area (Å²) in [6.07, 6.45) is 0. The van der Waals surface area contributed by atoms with Crippen LogP contribution < -0.4 is 10.1 Å². The highest BCUT2D eigenvalue weighted by Gasteiger charge is 2.22. The normalized spacial score (nSPS) is 18.7. The lowest BCUT2D eigenvalue weighted by Gasteiger charge is -2.24. The van der Waals surface area contributed by atoms with E-state index in [2.05, 4.69) is 5.32 Å². The Balaban J connectivity index is 2.47. The molecule has 0 saturated carbocycles. The van der Waals surface area contributed by atoms with Crippen LogP contribution in [0, 0.1) is 15.9 Å². The molecule has 0 spiro atoms. The van der Waals surface area contributed by atoms with Gasteiger partial charge in [0, 0.05) is 12.1 Å². The van der Waals surface area contributed by atoms with Crippen molar-refractivity contribution in [3.8, 4) is 5.75 Å². The molecule has 0 aromatic heterocycles. The number of rotatable bonds is 1. The standard InChI is InChI=1S/C9H9FN2O3/c1-5-4-15-9-2-6(10)8(12(13)14)3-7(9)11-5/h2-3,5,11H,4H2,1H3. The fourth-order valence-electron chi connectivity index (χ4n) is 1.44. The third kappa shape index (κ3) is 1.70. The van der Waals surface area contributed by atoms with Crippen molar-refractivity contribution in [1.29, 1.82) is 0 Å². The Labute approximate surface area is 85.0 Å². The maximum atomic E-state index is 13.2. The molecule has 0 fully saturated rings. The van der Waals surface area contributed by atoms with Crippen LogP contribution in [0.2, 0.25) is 0 Å². The second kappa shape index (κ2) is 3.38. The maximum absolute atomic E-state index is 13.2. The van der Waals surface area contributed by atoms with Crippen LogP contribution >= 0.6 is 0 Å². The predicted octanol–water partition coefficient (Wildman–Crippen LogP) is 1.93. The van der Waals surface area contributed by atoms with Crippen molar-refractivity contribution in [3.05, 3.63) is 28.1 Å². The molecule has 15 heavy (non-hydrogen) atoms. The summed E-state index contributed by atoms with van der Waals surface area (Å²) < 4.78 is 18.4. The highest BCUT2D eigenvalue weighted by atomic mass is 19.1. The number of ether oxygens (including phenoxy) is 1. The minimum Gasteiger partial charge on any atom is -0.489 e. The molecule has 0 amide bonds. The second-order valence-electron chi connectivity index (χ2n) is 3.41. The van der Waals surface area contributed by atoms with Gasteiger partial charge < -0.3 is 10.1 Å². The molecule has 1 aromatic rings. The SMILES string of the molecule is CC1COc2cc(F)c([N+](=O)[O-])cc2N1. The van der Waals surface area contributed by atoms with Crippen LogP contribution in [-0.2, 0) is 0 Å². The van der Waals surface area contributed by atoms with Crippen LogP contribution in [0.25, 0.3) is 0 Å². The van der Waals surface area contributed by atoms with Gasteiger partial charge in [-0.3, -0.25) is 10.1 Å². The summed E-state index contributed by atoms with van der Waals surface area (Å²) in [7, 11) is 0. The van der Waals surface area contributed by atoms with Crippen LogP contribution in [0.1, 0.15) is 6.92 Å². The molecule has 1 atom stereocenters. The van der Waals surface area contributed by atoms with Crippen LogP contribution in [0.3, 0.4) is 0 Å². The van der Waals surface area contributed by atoms with Gasteiger partial charge in [-0.25, -0.2) is 0 Å². The van der Waals surface area contributed by atoms with Crippen molar-refractivity contribution >= 4 is 11.4 Å². The molecule has 2 rings (SSSR count). The van der Waals surface area contributed by atoms with Crippen molar-refractivity contribution in [1.82, 2.24) is 0 Å². The number of hydrogen-bond acceptors (Lipinski definition) is 4. The van der Waals surface area contributed by atoms with E-state index in [1.165, 1.54) is 0 Å². The highest BCUT2D eigenvalue weighted by molar-refractivity contribution is 5.63. The number of anilines is 1. The summed E-state index contributed by atoms with van der Waals surface area (Å²) >= 11 is 0. The van der Waals surface area contributed by atoms with Gasteiger partial charge in [-0.15, -0.1) is 0 Å². The van der Waals surface area contributed by atoms with E-state index >= 15 is 0 Å². The first-order valence-electron chi connectivity index (χ1n) is 4.45. The zero-order valence-corrected chi connectivity index (χ0v) is 7.99. The lowest BCUT2D eigenvalue weighted by atomic mass is 10.2. The Hall–Kier alpha value is -1.85. The topological polar surface area (TPSA) is 64.4 Å². The van der Waals surface area contributed by atoms with E-state index in [-0.39, 0.29) is 6.04 Å². The summed E-state index contributed by atoms with van der Waals surface area (Å²) in [5, 5.41) is 13.5. The average molecular weight is 212 g/mol. The fraction of sp³-hybridized carbons (Fsp3) is 0.333. The Morgan fingerprint density at radius 2 is 2.40 bits per heavy atom. The molecule has 5 nitrogen and oxygen atoms in total. The van der Waals surface area contributed by atoms with E-state index in [4.69, 9.17) is 4.74 Å². The summed E-state index contributed by atoms with van der Waals surface area (Å²) in [6, 6.07) is 2.25. The van der Waals surface area contributed by atoms with Gasteiger partial charge in [-0.05, 0) is 6.92 Å². The number of nitro groups is 1. The van der Waals surface area contributed by atoms with Crippen molar-refractivity contribution in [2.45, 2.75) is 13.0 Å². The third-order valence-electron chi connectivity index (χ3n) is 2.14. The molecular weight excluding hydrogens is 203 g/mol. The molecule has 1 heterocycles. The molecule has 1 aromatic carbocycles. The Morgan fingerprint density at radius 3 is 3.07 bits per heavy atom. The first-order chi connectivity index (χ1) is 7.08. The van der Waals surface area contributed by atoms with Gasteiger partial charge in [-0.1, -0.05) is 0 Å². The summed E-state index contributed by atoms with van der Waals surface area (Å²) in [4.78, 5) is 9.73.